The summed E-state index contributed by atoms with van der Waals surface area (Å²) in [6.45, 7) is 0.490. The number of aromatic nitrogens is 2. The summed E-state index contributed by atoms with van der Waals surface area (Å²) < 4.78 is 0. The normalized spacial score (nSPS) is 11.2. The molecule has 144 valence electrons. The monoisotopic (exact) mass is 400 g/mol. The van der Waals surface area contributed by atoms with Gasteiger partial charge in [0.15, 0.2) is 5.04 Å². The van der Waals surface area contributed by atoms with E-state index in [1.54, 1.807) is 37.8 Å². The van der Waals surface area contributed by atoms with Crippen molar-refractivity contribution >= 4 is 40.0 Å². The Kier molecular flexibility index (Phi) is 14.3. The summed E-state index contributed by atoms with van der Waals surface area (Å²) in [6.07, 6.45) is 5.56. The van der Waals surface area contributed by atoms with Crippen LogP contribution in [-0.2, 0) is 4.79 Å². The van der Waals surface area contributed by atoms with Crippen molar-refractivity contribution in [1.82, 2.24) is 15.1 Å². The maximum Gasteiger partial charge on any atom is 0.278 e. The molecule has 0 unspecified atom stereocenters. The van der Waals surface area contributed by atoms with Crippen molar-refractivity contribution in [2.75, 3.05) is 33.6 Å². The van der Waals surface area contributed by atoms with Crippen LogP contribution in [0.15, 0.2) is 47.2 Å². The highest BCUT2D eigenvalue weighted by atomic mass is 35.5. The van der Waals surface area contributed by atoms with Crippen LogP contribution in [0.25, 0.3) is 5.70 Å². The zero-order chi connectivity index (χ0) is 19.8. The van der Waals surface area contributed by atoms with Crippen molar-refractivity contribution in [3.8, 4) is 0 Å². The molecule has 1 rings (SSSR count). The molecule has 7 nitrogen and oxygen atoms in total. The zero-order valence-corrected chi connectivity index (χ0v) is 16.7. The van der Waals surface area contributed by atoms with Gasteiger partial charge in [-0.25, -0.2) is 4.99 Å². The van der Waals surface area contributed by atoms with E-state index in [4.69, 9.17) is 21.8 Å². The Morgan fingerprint density at radius 3 is 2.77 bits per heavy atom. The maximum absolute atomic E-state index is 12.4. The molecular formula is C17H25ClN4O3S. The fourth-order valence-corrected chi connectivity index (χ4v) is 2.38. The first-order valence-corrected chi connectivity index (χ1v) is 9.36. The molecule has 26 heavy (non-hydrogen) atoms. The summed E-state index contributed by atoms with van der Waals surface area (Å²) in [5, 5.41) is 23.0. The minimum atomic E-state index is -0.220. The van der Waals surface area contributed by atoms with Gasteiger partial charge in [-0.3, -0.25) is 9.89 Å². The largest absolute Gasteiger partial charge is 0.400 e. The van der Waals surface area contributed by atoms with E-state index in [2.05, 4.69) is 15.2 Å². The lowest BCUT2D eigenvalue weighted by Gasteiger charge is -2.17. The highest BCUT2D eigenvalue weighted by Gasteiger charge is 2.16. The van der Waals surface area contributed by atoms with E-state index >= 15 is 0 Å². The predicted molar refractivity (Wildman–Crippen MR) is 108 cm³/mol. The number of aromatic amines is 1. The SMILES string of the molecule is CO.CSC(=N/C(=C/Cl)c1ccccc[nH]nc1)C(=O)N(C)CCCO. The molecule has 3 N–H and O–H groups in total. The van der Waals surface area contributed by atoms with Crippen molar-refractivity contribution < 1.29 is 15.0 Å². The van der Waals surface area contributed by atoms with Gasteiger partial charge in [-0.05, 0) is 18.7 Å². The number of aliphatic hydroxyl groups is 2. The van der Waals surface area contributed by atoms with Crippen molar-refractivity contribution in [2.45, 2.75) is 6.42 Å². The molecule has 1 heterocycles. The third-order valence-electron chi connectivity index (χ3n) is 2.94. The van der Waals surface area contributed by atoms with Gasteiger partial charge in [0.2, 0.25) is 0 Å². The third-order valence-corrected chi connectivity index (χ3v) is 3.80. The van der Waals surface area contributed by atoms with Crippen LogP contribution in [0.3, 0.4) is 0 Å². The summed E-state index contributed by atoms with van der Waals surface area (Å²) in [5.41, 5.74) is 2.41. The van der Waals surface area contributed by atoms with Crippen molar-refractivity contribution in [3.63, 3.8) is 0 Å². The first-order valence-electron chi connectivity index (χ1n) is 7.70. The van der Waals surface area contributed by atoms with Gasteiger partial charge in [-0.1, -0.05) is 29.8 Å². The van der Waals surface area contributed by atoms with Crippen LogP contribution in [-0.4, -0.2) is 69.8 Å². The van der Waals surface area contributed by atoms with E-state index in [0.717, 1.165) is 7.11 Å². The second-order valence-electron chi connectivity index (χ2n) is 4.67. The molecular weight excluding hydrogens is 376 g/mol. The average Bonchev–Trinajstić information content (AvgIpc) is 2.82. The molecule has 1 amide bonds. The molecule has 0 atom stereocenters. The van der Waals surface area contributed by atoms with Crippen LogP contribution >= 0.6 is 23.4 Å². The minimum absolute atomic E-state index is 0.0346. The first-order chi connectivity index (χ1) is 12.6. The quantitative estimate of drug-likeness (QED) is 0.520. The molecule has 0 aromatic carbocycles. The second-order valence-corrected chi connectivity index (χ2v) is 5.69. The highest BCUT2D eigenvalue weighted by molar-refractivity contribution is 8.15. The van der Waals surface area contributed by atoms with Crippen LogP contribution in [0.2, 0.25) is 0 Å². The third kappa shape index (κ3) is 9.00. The topological polar surface area (TPSA) is 102 Å². The highest BCUT2D eigenvalue weighted by Crippen LogP contribution is 2.18. The summed E-state index contributed by atoms with van der Waals surface area (Å²) >= 11 is 7.15. The Labute approximate surface area is 163 Å². The van der Waals surface area contributed by atoms with Gasteiger partial charge in [0.05, 0.1) is 11.9 Å². The number of hydrogen-bond acceptors (Lipinski definition) is 6. The number of amides is 1. The molecule has 0 fully saturated rings. The Balaban J connectivity index is 0.00000301. The van der Waals surface area contributed by atoms with Crippen molar-refractivity contribution in [3.05, 3.63) is 47.8 Å². The van der Waals surface area contributed by atoms with Gasteiger partial charge in [0, 0.05) is 44.6 Å². The minimum Gasteiger partial charge on any atom is -0.400 e. The van der Waals surface area contributed by atoms with Gasteiger partial charge in [-0.2, -0.15) is 5.10 Å². The summed E-state index contributed by atoms with van der Waals surface area (Å²) in [6, 6.07) is 7.27. The number of H-pyrrole nitrogens is 1. The molecule has 9 heteroatoms. The van der Waals surface area contributed by atoms with Crippen LogP contribution in [0, 0.1) is 0 Å². The van der Waals surface area contributed by atoms with Gasteiger partial charge in [-0.15, -0.1) is 11.8 Å². The van der Waals surface area contributed by atoms with E-state index in [1.807, 2.05) is 12.1 Å². The summed E-state index contributed by atoms with van der Waals surface area (Å²) in [4.78, 5) is 18.3. The van der Waals surface area contributed by atoms with E-state index in [0.29, 0.717) is 29.3 Å². The molecule has 0 bridgehead atoms. The van der Waals surface area contributed by atoms with Crippen LogP contribution in [0.5, 0.6) is 0 Å². The lowest BCUT2D eigenvalue weighted by Crippen LogP contribution is -2.33. The van der Waals surface area contributed by atoms with Gasteiger partial charge >= 0.3 is 0 Å². The number of halogens is 1. The fraction of sp³-hybridized carbons (Fsp3) is 0.353. The number of rotatable bonds is 5. The molecule has 0 aliphatic heterocycles. The molecule has 1 aromatic heterocycles. The molecule has 0 spiro atoms. The number of carbonyl (C=O) groups excluding carboxylic acids is 1. The zero-order valence-electron chi connectivity index (χ0n) is 15.1. The summed E-state index contributed by atoms with van der Waals surface area (Å²) in [7, 11) is 2.67. The van der Waals surface area contributed by atoms with E-state index in [9.17, 15) is 4.79 Å². The Hall–Kier alpha value is -1.87. The number of carbonyl (C=O) groups is 1. The average molecular weight is 401 g/mol. The van der Waals surface area contributed by atoms with E-state index in [1.165, 1.54) is 22.2 Å². The van der Waals surface area contributed by atoms with Gasteiger partial charge in [0.1, 0.15) is 0 Å². The number of hydrogen-bond donors (Lipinski definition) is 3. The molecule has 0 saturated heterocycles. The van der Waals surface area contributed by atoms with Crippen molar-refractivity contribution in [2.24, 2.45) is 4.99 Å². The lowest BCUT2D eigenvalue weighted by molar-refractivity contribution is -0.122. The van der Waals surface area contributed by atoms with Crippen LogP contribution in [0.4, 0.5) is 0 Å². The number of aliphatic hydroxyl groups excluding tert-OH is 2. The van der Waals surface area contributed by atoms with Crippen LogP contribution < -0.4 is 0 Å². The van der Waals surface area contributed by atoms with Crippen molar-refractivity contribution in [1.29, 1.82) is 0 Å². The predicted octanol–water partition coefficient (Wildman–Crippen LogP) is 2.28. The van der Waals surface area contributed by atoms with Gasteiger partial charge in [0.25, 0.3) is 5.91 Å². The molecule has 0 radical (unpaired) electrons. The fourth-order valence-electron chi connectivity index (χ4n) is 1.68. The molecule has 0 saturated carbocycles. The van der Waals surface area contributed by atoms with E-state index in [-0.39, 0.29) is 12.5 Å². The molecule has 0 aliphatic rings. The Morgan fingerprint density at radius 1 is 1.42 bits per heavy atom. The molecule has 1 aromatic rings. The summed E-state index contributed by atoms with van der Waals surface area (Å²) in [5.74, 6) is -0.220. The second kappa shape index (κ2) is 15.4. The Morgan fingerprint density at radius 2 is 2.15 bits per heavy atom. The molecule has 0 aliphatic carbocycles. The standard InChI is InChI=1S/C16H21ClN4O2S.CH4O/c1-21(9-6-10-22)16(23)15(24-2)20-14(11-17)13-7-4-3-5-8-18-19-12-13;1-2/h3-5,7-8,11-12,18,22H,6,9-10H2,1-2H3;2H,1H3/b4-3?,8-5?,13-7?,14-11+,19-12?,20-15?;. The van der Waals surface area contributed by atoms with E-state index < -0.39 is 0 Å². The Bertz CT molecular complexity index is 624. The van der Waals surface area contributed by atoms with Crippen LogP contribution in [0.1, 0.15) is 12.0 Å². The smallest absolute Gasteiger partial charge is 0.278 e. The van der Waals surface area contributed by atoms with Gasteiger partial charge < -0.3 is 15.1 Å². The number of nitrogens with one attached hydrogen (secondary N) is 1. The lowest BCUT2D eigenvalue weighted by atomic mass is 10.2. The maximum atomic E-state index is 12.4. The first kappa shape index (κ1) is 24.1. The number of nitrogens with zero attached hydrogens (tertiary/aromatic N) is 3. The number of thioether (sulfide) groups is 1. The number of aliphatic imine (C=N–C) groups is 1.